The van der Waals surface area contributed by atoms with Crippen LogP contribution in [0.15, 0.2) is 0 Å². The van der Waals surface area contributed by atoms with E-state index in [1.54, 1.807) is 0 Å². The molecule has 19 heavy (non-hydrogen) atoms. The third-order valence-corrected chi connectivity index (χ3v) is 4.08. The minimum Gasteiger partial charge on any atom is -0.480 e. The first-order chi connectivity index (χ1) is 9.05. The van der Waals surface area contributed by atoms with E-state index in [9.17, 15) is 14.7 Å². The lowest BCUT2D eigenvalue weighted by Gasteiger charge is -2.36. The van der Waals surface area contributed by atoms with Crippen LogP contribution in [0.4, 0.5) is 0 Å². The van der Waals surface area contributed by atoms with Crippen molar-refractivity contribution in [2.24, 2.45) is 5.41 Å². The van der Waals surface area contributed by atoms with Gasteiger partial charge in [-0.15, -0.1) is 0 Å². The molecule has 2 atom stereocenters. The van der Waals surface area contributed by atoms with E-state index in [4.69, 9.17) is 0 Å². The van der Waals surface area contributed by atoms with Crippen molar-refractivity contribution in [3.8, 4) is 0 Å². The highest BCUT2D eigenvalue weighted by atomic mass is 16.4. The van der Waals surface area contributed by atoms with E-state index in [0.717, 1.165) is 38.6 Å². The molecule has 0 aliphatic carbocycles. The Hall–Kier alpha value is -1.10. The molecule has 1 aliphatic heterocycles. The number of hydrogen-bond donors (Lipinski definition) is 3. The van der Waals surface area contributed by atoms with Crippen LogP contribution in [0.25, 0.3) is 0 Å². The average molecular weight is 270 g/mol. The number of aliphatic carboxylic acids is 1. The van der Waals surface area contributed by atoms with Crippen LogP contribution in [0.3, 0.4) is 0 Å². The third-order valence-electron chi connectivity index (χ3n) is 4.08. The van der Waals surface area contributed by atoms with Crippen LogP contribution in [0.1, 0.15) is 52.4 Å². The van der Waals surface area contributed by atoms with E-state index in [1.807, 2.05) is 13.8 Å². The highest BCUT2D eigenvalue weighted by molar-refractivity contribution is 5.87. The molecular formula is C14H26N2O3. The highest BCUT2D eigenvalue weighted by Crippen LogP contribution is 2.30. The van der Waals surface area contributed by atoms with Crippen molar-refractivity contribution in [3.63, 3.8) is 0 Å². The zero-order chi connectivity index (χ0) is 14.3. The molecule has 1 rings (SSSR count). The average Bonchev–Trinajstić information content (AvgIpc) is 2.43. The Kier molecular flexibility index (Phi) is 6.28. The van der Waals surface area contributed by atoms with Crippen molar-refractivity contribution in [2.45, 2.75) is 58.4 Å². The normalized spacial score (nSPS) is 24.7. The van der Waals surface area contributed by atoms with Crippen LogP contribution in [-0.2, 0) is 9.59 Å². The highest BCUT2D eigenvalue weighted by Gasteiger charge is 2.39. The molecule has 0 aromatic rings. The van der Waals surface area contributed by atoms with E-state index < -0.39 is 17.4 Å². The molecule has 0 saturated carbocycles. The van der Waals surface area contributed by atoms with E-state index in [0.29, 0.717) is 13.0 Å². The lowest BCUT2D eigenvalue weighted by atomic mass is 9.77. The second kappa shape index (κ2) is 7.48. The summed E-state index contributed by atoms with van der Waals surface area (Å²) in [7, 11) is 0. The van der Waals surface area contributed by atoms with Gasteiger partial charge < -0.3 is 15.7 Å². The molecule has 1 heterocycles. The Morgan fingerprint density at radius 1 is 1.42 bits per heavy atom. The summed E-state index contributed by atoms with van der Waals surface area (Å²) in [4.78, 5) is 23.6. The number of carboxylic acids is 1. The molecule has 0 spiro atoms. The number of carboxylic acid groups (broad SMARTS) is 1. The molecule has 5 heteroatoms. The summed E-state index contributed by atoms with van der Waals surface area (Å²) < 4.78 is 0. The molecule has 110 valence electrons. The summed E-state index contributed by atoms with van der Waals surface area (Å²) in [6.07, 6.45) is 4.79. The summed E-state index contributed by atoms with van der Waals surface area (Å²) in [5, 5.41) is 15.2. The Morgan fingerprint density at radius 3 is 2.63 bits per heavy atom. The molecule has 1 saturated heterocycles. The molecule has 5 nitrogen and oxygen atoms in total. The van der Waals surface area contributed by atoms with E-state index >= 15 is 0 Å². The van der Waals surface area contributed by atoms with Gasteiger partial charge in [-0.05, 0) is 32.2 Å². The Bertz CT molecular complexity index is 312. The molecule has 0 radical (unpaired) electrons. The summed E-state index contributed by atoms with van der Waals surface area (Å²) in [6, 6.07) is -0.752. The van der Waals surface area contributed by atoms with E-state index in [2.05, 4.69) is 10.6 Å². The van der Waals surface area contributed by atoms with Gasteiger partial charge in [0.25, 0.3) is 0 Å². The van der Waals surface area contributed by atoms with Crippen LogP contribution in [0.5, 0.6) is 0 Å². The minimum atomic E-state index is -0.933. The van der Waals surface area contributed by atoms with Crippen LogP contribution < -0.4 is 10.6 Å². The van der Waals surface area contributed by atoms with Gasteiger partial charge >= 0.3 is 5.97 Å². The molecule has 1 fully saturated rings. The van der Waals surface area contributed by atoms with Gasteiger partial charge in [-0.2, -0.15) is 0 Å². The second-order valence-corrected chi connectivity index (χ2v) is 5.42. The summed E-state index contributed by atoms with van der Waals surface area (Å²) in [5.41, 5.74) is -0.432. The number of piperidine rings is 1. The molecule has 1 aliphatic rings. The first-order valence-corrected chi connectivity index (χ1v) is 7.30. The Morgan fingerprint density at radius 2 is 2.16 bits per heavy atom. The standard InChI is InChI=1S/C14H26N2O3/c1-3-5-7-11(12(17)18)16-13(19)14(4-2)8-6-9-15-10-14/h11,15H,3-10H2,1-2H3,(H,16,19)(H,17,18)/t11-,14?/m0/s1. The number of rotatable bonds is 7. The van der Waals surface area contributed by atoms with Crippen molar-refractivity contribution >= 4 is 11.9 Å². The molecule has 3 N–H and O–H groups in total. The number of hydrogen-bond acceptors (Lipinski definition) is 3. The molecular weight excluding hydrogens is 244 g/mol. The maximum Gasteiger partial charge on any atom is 0.326 e. The van der Waals surface area contributed by atoms with Gasteiger partial charge in [0.15, 0.2) is 0 Å². The van der Waals surface area contributed by atoms with Crippen LogP contribution in [-0.4, -0.2) is 36.1 Å². The SMILES string of the molecule is CCCC[C@H](NC(=O)C1(CC)CCCNC1)C(=O)O. The summed E-state index contributed by atoms with van der Waals surface area (Å²) >= 11 is 0. The maximum atomic E-state index is 12.4. The van der Waals surface area contributed by atoms with Crippen LogP contribution in [0, 0.1) is 5.41 Å². The lowest BCUT2D eigenvalue weighted by Crippen LogP contribution is -2.54. The quantitative estimate of drug-likeness (QED) is 0.655. The zero-order valence-corrected chi connectivity index (χ0v) is 12.0. The molecule has 1 amide bonds. The number of unbranched alkanes of at least 4 members (excludes halogenated alkanes) is 1. The van der Waals surface area contributed by atoms with Crippen LogP contribution in [0.2, 0.25) is 0 Å². The van der Waals surface area contributed by atoms with Gasteiger partial charge in [0.2, 0.25) is 5.91 Å². The molecule has 1 unspecified atom stereocenters. The van der Waals surface area contributed by atoms with Gasteiger partial charge in [-0.25, -0.2) is 4.79 Å². The fourth-order valence-electron chi connectivity index (χ4n) is 2.60. The Labute approximate surface area is 115 Å². The summed E-state index contributed by atoms with van der Waals surface area (Å²) in [6.45, 7) is 5.59. The predicted octanol–water partition coefficient (Wildman–Crippen LogP) is 1.53. The van der Waals surface area contributed by atoms with Crippen molar-refractivity contribution in [1.29, 1.82) is 0 Å². The predicted molar refractivity (Wildman–Crippen MR) is 73.9 cm³/mol. The van der Waals surface area contributed by atoms with Gasteiger partial charge in [-0.3, -0.25) is 4.79 Å². The van der Waals surface area contributed by atoms with Crippen molar-refractivity contribution in [3.05, 3.63) is 0 Å². The fraction of sp³-hybridized carbons (Fsp3) is 0.857. The van der Waals surface area contributed by atoms with Gasteiger partial charge in [-0.1, -0.05) is 26.7 Å². The number of carbonyl (C=O) groups excluding carboxylic acids is 1. The lowest BCUT2D eigenvalue weighted by molar-refractivity contribution is -0.144. The molecule has 0 aromatic carbocycles. The molecule has 0 bridgehead atoms. The van der Waals surface area contributed by atoms with Crippen molar-refractivity contribution in [2.75, 3.05) is 13.1 Å². The van der Waals surface area contributed by atoms with Gasteiger partial charge in [0.05, 0.1) is 5.41 Å². The second-order valence-electron chi connectivity index (χ2n) is 5.42. The Balaban J connectivity index is 2.65. The first-order valence-electron chi connectivity index (χ1n) is 7.30. The number of carbonyl (C=O) groups is 2. The van der Waals surface area contributed by atoms with E-state index in [1.165, 1.54) is 0 Å². The minimum absolute atomic E-state index is 0.106. The largest absolute Gasteiger partial charge is 0.480 e. The maximum absolute atomic E-state index is 12.4. The van der Waals surface area contributed by atoms with Gasteiger partial charge in [0.1, 0.15) is 6.04 Å². The smallest absolute Gasteiger partial charge is 0.326 e. The fourth-order valence-corrected chi connectivity index (χ4v) is 2.60. The first kappa shape index (κ1) is 16.0. The topological polar surface area (TPSA) is 78.4 Å². The van der Waals surface area contributed by atoms with Crippen molar-refractivity contribution < 1.29 is 14.7 Å². The van der Waals surface area contributed by atoms with Gasteiger partial charge in [0, 0.05) is 6.54 Å². The van der Waals surface area contributed by atoms with E-state index in [-0.39, 0.29) is 5.91 Å². The monoisotopic (exact) mass is 270 g/mol. The summed E-state index contributed by atoms with van der Waals surface area (Å²) in [5.74, 6) is -1.04. The number of nitrogens with one attached hydrogen (secondary N) is 2. The van der Waals surface area contributed by atoms with Crippen LogP contribution >= 0.6 is 0 Å². The molecule has 0 aromatic heterocycles. The number of amides is 1. The zero-order valence-electron chi connectivity index (χ0n) is 12.0. The van der Waals surface area contributed by atoms with Crippen molar-refractivity contribution in [1.82, 2.24) is 10.6 Å². The third kappa shape index (κ3) is 4.20.